The highest BCUT2D eigenvalue weighted by atomic mass is 16.3. The van der Waals surface area contributed by atoms with E-state index in [9.17, 15) is 0 Å². The molecule has 2 aromatic heterocycles. The zero-order chi connectivity index (χ0) is 40.8. The van der Waals surface area contributed by atoms with Gasteiger partial charge in [-0.05, 0) is 116 Å². The van der Waals surface area contributed by atoms with Gasteiger partial charge in [0.1, 0.15) is 22.5 Å². The third-order valence-electron chi connectivity index (χ3n) is 14.3. The molecule has 0 saturated carbocycles. The summed E-state index contributed by atoms with van der Waals surface area (Å²) in [6.07, 6.45) is 6.40. The van der Waals surface area contributed by atoms with Gasteiger partial charge < -0.3 is 13.7 Å². The Balaban J connectivity index is 1.09. The Morgan fingerprint density at radius 1 is 0.508 bits per heavy atom. The van der Waals surface area contributed by atoms with Crippen molar-refractivity contribution in [1.29, 1.82) is 0 Å². The second-order valence-electron chi connectivity index (χ2n) is 18.3. The molecule has 0 spiro atoms. The number of furan rings is 2. The van der Waals surface area contributed by atoms with Crippen molar-refractivity contribution in [3.8, 4) is 33.4 Å². The number of nitrogens with zero attached hydrogens (tertiary/aromatic N) is 1. The van der Waals surface area contributed by atoms with Gasteiger partial charge in [0.05, 0.1) is 11.1 Å². The smallest absolute Gasteiger partial charge is 0.144 e. The quantitative estimate of drug-likeness (QED) is 0.178. The molecule has 3 aliphatic rings. The molecule has 292 valence electrons. The number of hydrogen-bond donors (Lipinski definition) is 0. The minimum absolute atomic E-state index is 0.141. The van der Waals surface area contributed by atoms with E-state index in [1.807, 2.05) is 0 Å². The molecule has 3 heteroatoms. The molecule has 8 aromatic carbocycles. The van der Waals surface area contributed by atoms with Crippen molar-refractivity contribution in [2.24, 2.45) is 0 Å². The Hall–Kier alpha value is -7.10. The predicted molar refractivity (Wildman–Crippen MR) is 254 cm³/mol. The zero-order valence-electron chi connectivity index (χ0n) is 34.8. The van der Waals surface area contributed by atoms with Gasteiger partial charge in [-0.15, -0.1) is 0 Å². The van der Waals surface area contributed by atoms with Crippen LogP contribution in [0.2, 0.25) is 0 Å². The van der Waals surface area contributed by atoms with Crippen LogP contribution in [0.25, 0.3) is 83.1 Å². The molecule has 2 heterocycles. The highest BCUT2D eigenvalue weighted by Gasteiger charge is 2.38. The van der Waals surface area contributed by atoms with Gasteiger partial charge in [-0.25, -0.2) is 0 Å². The van der Waals surface area contributed by atoms with E-state index in [-0.39, 0.29) is 10.8 Å². The highest BCUT2D eigenvalue weighted by Crippen LogP contribution is 2.55. The van der Waals surface area contributed by atoms with Crippen LogP contribution in [0.3, 0.4) is 0 Å². The highest BCUT2D eigenvalue weighted by molar-refractivity contribution is 6.22. The first-order valence-corrected chi connectivity index (χ1v) is 21.6. The Morgan fingerprint density at radius 2 is 1.16 bits per heavy atom. The van der Waals surface area contributed by atoms with Gasteiger partial charge in [0, 0.05) is 50.5 Å². The first-order valence-electron chi connectivity index (χ1n) is 21.6. The second kappa shape index (κ2) is 12.2. The average Bonchev–Trinajstić information content (AvgIpc) is 3.98. The maximum atomic E-state index is 7.23. The molecule has 3 nitrogen and oxygen atoms in total. The number of aryl methyl sites for hydroxylation is 1. The van der Waals surface area contributed by atoms with Crippen molar-refractivity contribution >= 4 is 66.8 Å². The van der Waals surface area contributed by atoms with Crippen LogP contribution >= 0.6 is 0 Å². The number of hydrogen-bond acceptors (Lipinski definition) is 3. The van der Waals surface area contributed by atoms with Crippen molar-refractivity contribution < 1.29 is 8.83 Å². The largest absolute Gasteiger partial charge is 0.460 e. The Bertz CT molecular complexity index is 3550. The van der Waals surface area contributed by atoms with E-state index in [1.165, 1.54) is 60.8 Å². The van der Waals surface area contributed by atoms with Crippen LogP contribution in [0.4, 0.5) is 17.1 Å². The van der Waals surface area contributed by atoms with Crippen molar-refractivity contribution in [3.05, 3.63) is 191 Å². The van der Waals surface area contributed by atoms with E-state index in [1.54, 1.807) is 0 Å². The third kappa shape index (κ3) is 4.75. The summed E-state index contributed by atoms with van der Waals surface area (Å²) in [6, 6.07) is 56.1. The molecular formula is C58H43NO2. The van der Waals surface area contributed by atoms with Gasteiger partial charge in [0.25, 0.3) is 0 Å². The number of rotatable bonds is 4. The van der Waals surface area contributed by atoms with Crippen LogP contribution in [0.15, 0.2) is 167 Å². The van der Waals surface area contributed by atoms with E-state index in [0.29, 0.717) is 0 Å². The standard InChI is InChI=1S/C58H43NO2/c1-57(2)45-19-10-7-16-39(45)41-28-25-36(31-47(41)57)53-55-43-18-9-12-22-50(43)60-52(55)33-44-54-49(21-13-23-51(54)61-56(44)53)59(37-26-24-34-14-5-6-15-35(34)30-37)38-27-29-42-40-17-8-11-20-46(40)58(3,4)48(42)32-38/h5-11,13-21,23-33H,12,22H2,1-4H3. The van der Waals surface area contributed by atoms with E-state index < -0.39 is 0 Å². The molecule has 0 amide bonds. The SMILES string of the molecule is CC1(C)c2ccccc2-c2ccc(-c3c4oc5cccc(N(c6ccc7c(c6)C(C)(C)c6ccccc6-7)c6ccc7ccccc7c6)c5c4cc4oc5c(c34)C=CCC5)cc21. The number of anilines is 3. The molecule has 10 aromatic rings. The third-order valence-corrected chi connectivity index (χ3v) is 14.3. The number of allylic oxidation sites excluding steroid dienone is 1. The minimum Gasteiger partial charge on any atom is -0.460 e. The molecule has 0 atom stereocenters. The normalized spacial score (nSPS) is 15.3. The topological polar surface area (TPSA) is 29.5 Å². The fraction of sp³-hybridized carbons (Fsp3) is 0.138. The van der Waals surface area contributed by atoms with Gasteiger partial charge >= 0.3 is 0 Å². The van der Waals surface area contributed by atoms with Crippen molar-refractivity contribution in [1.82, 2.24) is 0 Å². The Labute approximate surface area is 355 Å². The lowest BCUT2D eigenvalue weighted by atomic mass is 9.81. The minimum atomic E-state index is -0.148. The van der Waals surface area contributed by atoms with Crippen LogP contribution in [-0.4, -0.2) is 0 Å². The fourth-order valence-electron chi connectivity index (χ4n) is 11.3. The molecule has 0 radical (unpaired) electrons. The van der Waals surface area contributed by atoms with Crippen molar-refractivity contribution in [2.45, 2.75) is 51.4 Å². The van der Waals surface area contributed by atoms with Crippen LogP contribution in [0, 0.1) is 0 Å². The van der Waals surface area contributed by atoms with Crippen LogP contribution in [-0.2, 0) is 17.3 Å². The molecular weight excluding hydrogens is 743 g/mol. The van der Waals surface area contributed by atoms with E-state index >= 15 is 0 Å². The molecule has 0 fully saturated rings. The molecule has 61 heavy (non-hydrogen) atoms. The molecule has 0 saturated heterocycles. The second-order valence-corrected chi connectivity index (χ2v) is 18.3. The Morgan fingerprint density at radius 3 is 1.95 bits per heavy atom. The maximum absolute atomic E-state index is 7.23. The van der Waals surface area contributed by atoms with Gasteiger partial charge in [-0.1, -0.05) is 143 Å². The predicted octanol–water partition coefficient (Wildman–Crippen LogP) is 16.2. The summed E-state index contributed by atoms with van der Waals surface area (Å²) in [6.45, 7) is 9.42. The number of benzene rings is 8. The van der Waals surface area contributed by atoms with Crippen LogP contribution < -0.4 is 4.90 Å². The lowest BCUT2D eigenvalue weighted by Crippen LogP contribution is -2.16. The summed E-state index contributed by atoms with van der Waals surface area (Å²) in [4.78, 5) is 2.44. The van der Waals surface area contributed by atoms with Crippen LogP contribution in [0.1, 0.15) is 67.7 Å². The summed E-state index contributed by atoms with van der Waals surface area (Å²) in [5.74, 6) is 1.05. The molecule has 0 aliphatic heterocycles. The van der Waals surface area contributed by atoms with Gasteiger partial charge in [-0.3, -0.25) is 0 Å². The first kappa shape index (κ1) is 34.7. The summed E-state index contributed by atoms with van der Waals surface area (Å²) in [5, 5.41) is 5.65. The maximum Gasteiger partial charge on any atom is 0.144 e. The molecule has 0 unspecified atom stereocenters. The average molecular weight is 786 g/mol. The fourth-order valence-corrected chi connectivity index (χ4v) is 11.3. The summed E-state index contributed by atoms with van der Waals surface area (Å²) in [5.41, 5.74) is 19.7. The van der Waals surface area contributed by atoms with Crippen LogP contribution in [0.5, 0.6) is 0 Å². The zero-order valence-corrected chi connectivity index (χ0v) is 34.8. The summed E-state index contributed by atoms with van der Waals surface area (Å²) in [7, 11) is 0. The van der Waals surface area contributed by atoms with Crippen molar-refractivity contribution in [2.75, 3.05) is 4.90 Å². The first-order chi connectivity index (χ1) is 29.8. The van der Waals surface area contributed by atoms with Gasteiger partial charge in [-0.2, -0.15) is 0 Å². The summed E-state index contributed by atoms with van der Waals surface area (Å²) < 4.78 is 14.1. The van der Waals surface area contributed by atoms with Gasteiger partial charge in [0.2, 0.25) is 0 Å². The van der Waals surface area contributed by atoms with E-state index in [2.05, 4.69) is 196 Å². The number of fused-ring (bicyclic) bond motifs is 13. The lowest BCUT2D eigenvalue weighted by molar-refractivity contribution is 0.546. The molecule has 0 bridgehead atoms. The Kier molecular flexibility index (Phi) is 6.97. The molecule has 3 aliphatic carbocycles. The molecule has 0 N–H and O–H groups in total. The van der Waals surface area contributed by atoms with E-state index in [0.717, 1.165) is 79.7 Å². The lowest BCUT2D eigenvalue weighted by Gasteiger charge is -2.29. The van der Waals surface area contributed by atoms with Gasteiger partial charge in [0.15, 0.2) is 0 Å². The van der Waals surface area contributed by atoms with E-state index in [4.69, 9.17) is 8.83 Å². The summed E-state index contributed by atoms with van der Waals surface area (Å²) >= 11 is 0. The monoisotopic (exact) mass is 785 g/mol. The van der Waals surface area contributed by atoms with Crippen molar-refractivity contribution in [3.63, 3.8) is 0 Å². The molecule has 13 rings (SSSR count).